The van der Waals surface area contributed by atoms with Crippen LogP contribution in [0.4, 0.5) is 5.82 Å². The average molecular weight is 286 g/mol. The van der Waals surface area contributed by atoms with Gasteiger partial charge in [0.2, 0.25) is 0 Å². The van der Waals surface area contributed by atoms with Crippen LogP contribution in [-0.4, -0.2) is 23.2 Å². The zero-order valence-corrected chi connectivity index (χ0v) is 13.5. The van der Waals surface area contributed by atoms with Crippen molar-refractivity contribution < 1.29 is 5.11 Å². The molecule has 114 valence electrons. The number of benzene rings is 1. The lowest BCUT2D eigenvalue weighted by atomic mass is 10.1. The number of para-hydroxylation sites is 1. The molecular formula is C18H26N2O. The van der Waals surface area contributed by atoms with Crippen LogP contribution in [0.5, 0.6) is 0 Å². The zero-order valence-electron chi connectivity index (χ0n) is 13.5. The molecule has 0 spiro atoms. The molecule has 1 aromatic carbocycles. The molecule has 0 aliphatic carbocycles. The van der Waals surface area contributed by atoms with E-state index in [1.54, 1.807) is 0 Å². The molecule has 0 bridgehead atoms. The number of hydrogen-bond donors (Lipinski definition) is 1. The highest BCUT2D eigenvalue weighted by atomic mass is 16.3. The predicted molar refractivity (Wildman–Crippen MR) is 89.6 cm³/mol. The Morgan fingerprint density at radius 2 is 1.67 bits per heavy atom. The lowest BCUT2D eigenvalue weighted by Gasteiger charge is -2.28. The normalized spacial score (nSPS) is 11.6. The van der Waals surface area contributed by atoms with Gasteiger partial charge in [-0.25, -0.2) is 4.98 Å². The van der Waals surface area contributed by atoms with Crippen molar-refractivity contribution >= 4 is 16.7 Å². The molecule has 0 aliphatic rings. The third kappa shape index (κ3) is 3.94. The molecule has 0 amide bonds. The first kappa shape index (κ1) is 15.8. The monoisotopic (exact) mass is 286 g/mol. The Bertz CT molecular complexity index is 583. The fourth-order valence-electron chi connectivity index (χ4n) is 2.67. The van der Waals surface area contributed by atoms with Crippen molar-refractivity contribution in [2.75, 3.05) is 18.0 Å². The molecule has 21 heavy (non-hydrogen) atoms. The SMILES string of the molecule is CC(C)CN(CC(C)C)c1cc(CO)c2ccccc2n1. The fourth-order valence-corrected chi connectivity index (χ4v) is 2.67. The van der Waals surface area contributed by atoms with Crippen molar-refractivity contribution in [3.63, 3.8) is 0 Å². The van der Waals surface area contributed by atoms with E-state index in [4.69, 9.17) is 4.98 Å². The highest BCUT2D eigenvalue weighted by Crippen LogP contribution is 2.24. The van der Waals surface area contributed by atoms with Crippen LogP contribution in [0.15, 0.2) is 30.3 Å². The Kier molecular flexibility index (Phi) is 5.18. The van der Waals surface area contributed by atoms with Crippen LogP contribution in [0.2, 0.25) is 0 Å². The van der Waals surface area contributed by atoms with Crippen molar-refractivity contribution in [2.45, 2.75) is 34.3 Å². The minimum Gasteiger partial charge on any atom is -0.392 e. The second-order valence-corrected chi connectivity index (χ2v) is 6.51. The number of fused-ring (bicyclic) bond motifs is 1. The van der Waals surface area contributed by atoms with E-state index in [9.17, 15) is 5.11 Å². The van der Waals surface area contributed by atoms with Crippen LogP contribution < -0.4 is 4.90 Å². The van der Waals surface area contributed by atoms with Gasteiger partial charge in [0.1, 0.15) is 5.82 Å². The zero-order chi connectivity index (χ0) is 15.4. The number of pyridine rings is 1. The second-order valence-electron chi connectivity index (χ2n) is 6.51. The number of aliphatic hydroxyl groups excluding tert-OH is 1. The maximum Gasteiger partial charge on any atom is 0.129 e. The van der Waals surface area contributed by atoms with E-state index in [0.29, 0.717) is 11.8 Å². The standard InChI is InChI=1S/C18H26N2O/c1-13(2)10-20(11-14(3)4)18-9-15(12-21)16-7-5-6-8-17(16)19-18/h5-9,13-14,21H,10-12H2,1-4H3. The summed E-state index contributed by atoms with van der Waals surface area (Å²) in [4.78, 5) is 7.14. The molecule has 1 N–H and O–H groups in total. The van der Waals surface area contributed by atoms with E-state index in [2.05, 4.69) is 32.6 Å². The summed E-state index contributed by atoms with van der Waals surface area (Å²) in [5, 5.41) is 10.7. The Morgan fingerprint density at radius 1 is 1.05 bits per heavy atom. The van der Waals surface area contributed by atoms with Gasteiger partial charge in [-0.2, -0.15) is 0 Å². The van der Waals surface area contributed by atoms with E-state index in [1.807, 2.05) is 30.3 Å². The number of anilines is 1. The number of nitrogens with zero attached hydrogens (tertiary/aromatic N) is 2. The Labute approximate surface area is 127 Å². The van der Waals surface area contributed by atoms with Crippen LogP contribution in [0.1, 0.15) is 33.3 Å². The third-order valence-electron chi connectivity index (χ3n) is 3.45. The summed E-state index contributed by atoms with van der Waals surface area (Å²) in [6.07, 6.45) is 0. The summed E-state index contributed by atoms with van der Waals surface area (Å²) in [5.41, 5.74) is 1.91. The Morgan fingerprint density at radius 3 is 2.24 bits per heavy atom. The topological polar surface area (TPSA) is 36.4 Å². The molecule has 0 atom stereocenters. The van der Waals surface area contributed by atoms with Crippen LogP contribution in [0, 0.1) is 11.8 Å². The Hall–Kier alpha value is -1.61. The number of aliphatic hydroxyl groups is 1. The summed E-state index contributed by atoms with van der Waals surface area (Å²) in [5.74, 6) is 2.13. The van der Waals surface area contributed by atoms with Gasteiger partial charge >= 0.3 is 0 Å². The van der Waals surface area contributed by atoms with Gasteiger partial charge in [-0.1, -0.05) is 45.9 Å². The summed E-state index contributed by atoms with van der Waals surface area (Å²) in [6.45, 7) is 10.9. The predicted octanol–water partition coefficient (Wildman–Crippen LogP) is 3.85. The molecule has 0 unspecified atom stereocenters. The van der Waals surface area contributed by atoms with Gasteiger partial charge in [0.25, 0.3) is 0 Å². The maximum atomic E-state index is 9.66. The molecule has 0 radical (unpaired) electrons. The van der Waals surface area contributed by atoms with E-state index < -0.39 is 0 Å². The molecule has 1 aromatic heterocycles. The molecule has 2 rings (SSSR count). The summed E-state index contributed by atoms with van der Waals surface area (Å²) >= 11 is 0. The van der Waals surface area contributed by atoms with Crippen LogP contribution in [-0.2, 0) is 6.61 Å². The number of hydrogen-bond acceptors (Lipinski definition) is 3. The van der Waals surface area contributed by atoms with Gasteiger partial charge in [-0.3, -0.25) is 0 Å². The van der Waals surface area contributed by atoms with E-state index in [-0.39, 0.29) is 6.61 Å². The van der Waals surface area contributed by atoms with Crippen LogP contribution >= 0.6 is 0 Å². The van der Waals surface area contributed by atoms with E-state index in [0.717, 1.165) is 35.4 Å². The maximum absolute atomic E-state index is 9.66. The first-order valence-corrected chi connectivity index (χ1v) is 7.75. The quantitative estimate of drug-likeness (QED) is 0.876. The van der Waals surface area contributed by atoms with Gasteiger partial charge in [0, 0.05) is 18.5 Å². The van der Waals surface area contributed by atoms with Crippen molar-refractivity contribution in [3.05, 3.63) is 35.9 Å². The van der Waals surface area contributed by atoms with E-state index >= 15 is 0 Å². The molecule has 3 nitrogen and oxygen atoms in total. The van der Waals surface area contributed by atoms with Gasteiger partial charge in [0.05, 0.1) is 12.1 Å². The summed E-state index contributed by atoms with van der Waals surface area (Å²) in [6, 6.07) is 10.1. The molecular weight excluding hydrogens is 260 g/mol. The molecule has 0 aliphatic heterocycles. The highest BCUT2D eigenvalue weighted by Gasteiger charge is 2.14. The molecule has 2 aromatic rings. The lowest BCUT2D eigenvalue weighted by Crippen LogP contribution is -2.32. The molecule has 0 saturated carbocycles. The molecule has 3 heteroatoms. The average Bonchev–Trinajstić information content (AvgIpc) is 2.44. The number of aromatic nitrogens is 1. The minimum atomic E-state index is 0.0488. The highest BCUT2D eigenvalue weighted by molar-refractivity contribution is 5.84. The van der Waals surface area contributed by atoms with Crippen molar-refractivity contribution in [3.8, 4) is 0 Å². The van der Waals surface area contributed by atoms with E-state index in [1.165, 1.54) is 0 Å². The summed E-state index contributed by atoms with van der Waals surface area (Å²) in [7, 11) is 0. The van der Waals surface area contributed by atoms with Gasteiger partial charge < -0.3 is 10.0 Å². The van der Waals surface area contributed by atoms with Gasteiger partial charge in [-0.15, -0.1) is 0 Å². The van der Waals surface area contributed by atoms with Crippen LogP contribution in [0.25, 0.3) is 10.9 Å². The lowest BCUT2D eigenvalue weighted by molar-refractivity contribution is 0.283. The van der Waals surface area contributed by atoms with Crippen molar-refractivity contribution in [1.82, 2.24) is 4.98 Å². The van der Waals surface area contributed by atoms with Gasteiger partial charge in [-0.05, 0) is 29.5 Å². The minimum absolute atomic E-state index is 0.0488. The molecule has 0 fully saturated rings. The van der Waals surface area contributed by atoms with Gasteiger partial charge in [0.15, 0.2) is 0 Å². The van der Waals surface area contributed by atoms with Crippen LogP contribution in [0.3, 0.4) is 0 Å². The molecule has 0 saturated heterocycles. The Balaban J connectivity index is 2.46. The first-order valence-electron chi connectivity index (χ1n) is 7.75. The van der Waals surface area contributed by atoms with Crippen molar-refractivity contribution in [1.29, 1.82) is 0 Å². The molecule has 1 heterocycles. The second kappa shape index (κ2) is 6.90. The number of rotatable bonds is 6. The summed E-state index contributed by atoms with van der Waals surface area (Å²) < 4.78 is 0. The smallest absolute Gasteiger partial charge is 0.129 e. The van der Waals surface area contributed by atoms with Crippen molar-refractivity contribution in [2.24, 2.45) is 11.8 Å². The third-order valence-corrected chi connectivity index (χ3v) is 3.45. The fraction of sp³-hybridized carbons (Fsp3) is 0.500. The first-order chi connectivity index (χ1) is 10.0. The largest absolute Gasteiger partial charge is 0.392 e.